The van der Waals surface area contributed by atoms with Crippen molar-refractivity contribution in [2.75, 3.05) is 20.2 Å². The van der Waals surface area contributed by atoms with Gasteiger partial charge in [-0.3, -0.25) is 0 Å². The van der Waals surface area contributed by atoms with Gasteiger partial charge in [0.2, 0.25) is 5.88 Å². The molecule has 1 N–H and O–H groups in total. The number of likely N-dealkylation sites (tertiary alicyclic amines) is 1. The highest BCUT2D eigenvalue weighted by molar-refractivity contribution is 5.74. The van der Waals surface area contributed by atoms with Crippen LogP contribution in [0.3, 0.4) is 0 Å². The maximum atomic E-state index is 12.2. The summed E-state index contributed by atoms with van der Waals surface area (Å²) >= 11 is 0. The molecule has 110 valence electrons. The molecular formula is C15H23N3O2. The van der Waals surface area contributed by atoms with E-state index >= 15 is 0 Å². The molecule has 5 nitrogen and oxygen atoms in total. The molecule has 0 aromatic carbocycles. The second kappa shape index (κ2) is 6.59. The van der Waals surface area contributed by atoms with Crippen molar-refractivity contribution in [3.8, 4) is 5.88 Å². The summed E-state index contributed by atoms with van der Waals surface area (Å²) in [6.07, 6.45) is 2.92. The lowest BCUT2D eigenvalue weighted by Gasteiger charge is -2.34. The van der Waals surface area contributed by atoms with Gasteiger partial charge in [-0.05, 0) is 23.8 Å². The van der Waals surface area contributed by atoms with Gasteiger partial charge in [0, 0.05) is 31.9 Å². The van der Waals surface area contributed by atoms with Crippen LogP contribution in [-0.4, -0.2) is 36.1 Å². The molecule has 2 heterocycles. The van der Waals surface area contributed by atoms with Crippen LogP contribution in [-0.2, 0) is 6.54 Å². The number of ether oxygens (including phenoxy) is 1. The molecule has 20 heavy (non-hydrogen) atoms. The first kappa shape index (κ1) is 14.6. The summed E-state index contributed by atoms with van der Waals surface area (Å²) in [5, 5.41) is 2.95. The highest BCUT2D eigenvalue weighted by Crippen LogP contribution is 2.20. The molecule has 1 fully saturated rings. The van der Waals surface area contributed by atoms with Gasteiger partial charge in [-0.25, -0.2) is 9.78 Å². The second-order valence-electron chi connectivity index (χ2n) is 5.72. The molecule has 2 unspecified atom stereocenters. The van der Waals surface area contributed by atoms with Crippen LogP contribution in [0.1, 0.15) is 25.8 Å². The van der Waals surface area contributed by atoms with Crippen molar-refractivity contribution in [2.24, 2.45) is 11.8 Å². The van der Waals surface area contributed by atoms with Gasteiger partial charge in [0.1, 0.15) is 0 Å². The lowest BCUT2D eigenvalue weighted by atomic mass is 9.92. The maximum Gasteiger partial charge on any atom is 0.317 e. The van der Waals surface area contributed by atoms with Crippen LogP contribution in [0.5, 0.6) is 5.88 Å². The fourth-order valence-corrected chi connectivity index (χ4v) is 2.75. The van der Waals surface area contributed by atoms with Gasteiger partial charge >= 0.3 is 6.03 Å². The Morgan fingerprint density at radius 2 is 2.10 bits per heavy atom. The summed E-state index contributed by atoms with van der Waals surface area (Å²) in [5.41, 5.74) is 0.970. The van der Waals surface area contributed by atoms with Gasteiger partial charge in [0.25, 0.3) is 0 Å². The highest BCUT2D eigenvalue weighted by atomic mass is 16.5. The molecule has 2 rings (SSSR count). The number of amides is 2. The van der Waals surface area contributed by atoms with Gasteiger partial charge in [-0.1, -0.05) is 19.9 Å². The third kappa shape index (κ3) is 3.85. The van der Waals surface area contributed by atoms with Gasteiger partial charge in [-0.2, -0.15) is 0 Å². The molecular weight excluding hydrogens is 254 g/mol. The average molecular weight is 277 g/mol. The average Bonchev–Trinajstić information content (AvgIpc) is 2.44. The highest BCUT2D eigenvalue weighted by Gasteiger charge is 2.25. The summed E-state index contributed by atoms with van der Waals surface area (Å²) in [5.74, 6) is 1.73. The van der Waals surface area contributed by atoms with Crippen LogP contribution in [0.4, 0.5) is 4.79 Å². The van der Waals surface area contributed by atoms with E-state index in [2.05, 4.69) is 24.1 Å². The van der Waals surface area contributed by atoms with Gasteiger partial charge in [-0.15, -0.1) is 0 Å². The Balaban J connectivity index is 1.84. The molecule has 2 amide bonds. The van der Waals surface area contributed by atoms with Gasteiger partial charge in [0.15, 0.2) is 0 Å². The summed E-state index contributed by atoms with van der Waals surface area (Å²) in [6, 6.07) is 3.72. The maximum absolute atomic E-state index is 12.2. The normalized spacial score (nSPS) is 22.4. The van der Waals surface area contributed by atoms with Crippen molar-refractivity contribution in [2.45, 2.75) is 26.8 Å². The van der Waals surface area contributed by atoms with Crippen LogP contribution >= 0.6 is 0 Å². The SMILES string of the molecule is COc1ccc(CNC(=O)N2CC(C)CC(C)C2)cn1. The number of pyridine rings is 1. The minimum atomic E-state index is 0.0132. The number of urea groups is 1. The van der Waals surface area contributed by atoms with Crippen LogP contribution in [0.2, 0.25) is 0 Å². The molecule has 1 aromatic rings. The number of nitrogens with one attached hydrogen (secondary N) is 1. The monoisotopic (exact) mass is 277 g/mol. The van der Waals surface area contributed by atoms with Crippen LogP contribution < -0.4 is 10.1 Å². The molecule has 1 aliphatic heterocycles. The first-order valence-electron chi connectivity index (χ1n) is 7.10. The number of hydrogen-bond acceptors (Lipinski definition) is 3. The Morgan fingerprint density at radius 1 is 1.40 bits per heavy atom. The first-order valence-corrected chi connectivity index (χ1v) is 7.10. The lowest BCUT2D eigenvalue weighted by Crippen LogP contribution is -2.47. The Bertz CT molecular complexity index is 437. The Kier molecular flexibility index (Phi) is 4.82. The van der Waals surface area contributed by atoms with E-state index in [4.69, 9.17) is 4.74 Å². The van der Waals surface area contributed by atoms with E-state index < -0.39 is 0 Å². The Hall–Kier alpha value is -1.78. The van der Waals surface area contributed by atoms with Gasteiger partial charge in [0.05, 0.1) is 7.11 Å². The molecule has 0 spiro atoms. The molecule has 1 aromatic heterocycles. The van der Waals surface area contributed by atoms with Crippen LogP contribution in [0, 0.1) is 11.8 Å². The molecule has 0 bridgehead atoms. The number of aromatic nitrogens is 1. The van der Waals surface area contributed by atoms with Crippen molar-refractivity contribution in [3.05, 3.63) is 23.9 Å². The summed E-state index contributed by atoms with van der Waals surface area (Å²) in [4.78, 5) is 18.2. The summed E-state index contributed by atoms with van der Waals surface area (Å²) in [7, 11) is 1.59. The third-order valence-corrected chi connectivity index (χ3v) is 3.61. The zero-order chi connectivity index (χ0) is 14.5. The smallest absolute Gasteiger partial charge is 0.317 e. The minimum Gasteiger partial charge on any atom is -0.481 e. The number of carbonyl (C=O) groups excluding carboxylic acids is 1. The number of nitrogens with zero attached hydrogens (tertiary/aromatic N) is 2. The summed E-state index contributed by atoms with van der Waals surface area (Å²) in [6.45, 7) is 6.58. The van der Waals surface area contributed by atoms with Crippen molar-refractivity contribution >= 4 is 6.03 Å². The van der Waals surface area contributed by atoms with Crippen LogP contribution in [0.15, 0.2) is 18.3 Å². The lowest BCUT2D eigenvalue weighted by molar-refractivity contribution is 0.146. The number of methoxy groups -OCH3 is 1. The van der Waals surface area contributed by atoms with E-state index in [1.807, 2.05) is 11.0 Å². The van der Waals surface area contributed by atoms with Crippen molar-refractivity contribution in [1.82, 2.24) is 15.2 Å². The van der Waals surface area contributed by atoms with E-state index in [0.717, 1.165) is 18.7 Å². The largest absolute Gasteiger partial charge is 0.481 e. The zero-order valence-electron chi connectivity index (χ0n) is 12.4. The van der Waals surface area contributed by atoms with Crippen molar-refractivity contribution in [3.63, 3.8) is 0 Å². The molecule has 1 saturated heterocycles. The molecule has 5 heteroatoms. The van der Waals surface area contributed by atoms with Gasteiger partial charge < -0.3 is 15.0 Å². The molecule has 0 saturated carbocycles. The summed E-state index contributed by atoms with van der Waals surface area (Å²) < 4.78 is 5.01. The second-order valence-corrected chi connectivity index (χ2v) is 5.72. The Labute approximate surface area is 120 Å². The van der Waals surface area contributed by atoms with E-state index in [0.29, 0.717) is 24.3 Å². The molecule has 0 radical (unpaired) electrons. The Morgan fingerprint density at radius 3 is 2.65 bits per heavy atom. The fraction of sp³-hybridized carbons (Fsp3) is 0.600. The zero-order valence-corrected chi connectivity index (χ0v) is 12.4. The van der Waals surface area contributed by atoms with E-state index in [-0.39, 0.29) is 6.03 Å². The number of carbonyl (C=O) groups is 1. The first-order chi connectivity index (χ1) is 9.58. The van der Waals surface area contributed by atoms with E-state index in [1.54, 1.807) is 19.4 Å². The van der Waals surface area contributed by atoms with E-state index in [1.165, 1.54) is 6.42 Å². The van der Waals surface area contributed by atoms with E-state index in [9.17, 15) is 4.79 Å². The quantitative estimate of drug-likeness (QED) is 0.922. The van der Waals surface area contributed by atoms with Crippen LogP contribution in [0.25, 0.3) is 0 Å². The van der Waals surface area contributed by atoms with Crippen molar-refractivity contribution < 1.29 is 9.53 Å². The van der Waals surface area contributed by atoms with Crippen molar-refractivity contribution in [1.29, 1.82) is 0 Å². The molecule has 2 atom stereocenters. The fourth-order valence-electron chi connectivity index (χ4n) is 2.75. The predicted octanol–water partition coefficient (Wildman–Crippen LogP) is 2.28. The molecule has 1 aliphatic rings. The predicted molar refractivity (Wildman–Crippen MR) is 77.5 cm³/mol. The number of hydrogen-bond donors (Lipinski definition) is 1. The minimum absolute atomic E-state index is 0.0132. The topological polar surface area (TPSA) is 54.5 Å². The standard InChI is InChI=1S/C15H23N3O2/c1-11-6-12(2)10-18(9-11)15(19)17-8-13-4-5-14(20-3)16-7-13/h4-5,7,11-12H,6,8-10H2,1-3H3,(H,17,19). The third-order valence-electron chi connectivity index (χ3n) is 3.61. The number of rotatable bonds is 3. The number of piperidine rings is 1. The molecule has 0 aliphatic carbocycles.